The van der Waals surface area contributed by atoms with Gasteiger partial charge in [0.05, 0.1) is 18.9 Å². The van der Waals surface area contributed by atoms with Gasteiger partial charge in [0, 0.05) is 36.4 Å². The molecule has 2 aliphatic heterocycles. The molecule has 2 aliphatic rings. The third-order valence-electron chi connectivity index (χ3n) is 5.28. The monoisotopic (exact) mass is 433 g/mol. The van der Waals surface area contributed by atoms with Crippen molar-refractivity contribution in [1.29, 1.82) is 0 Å². The maximum atomic E-state index is 12.7. The van der Waals surface area contributed by atoms with Crippen molar-refractivity contribution in [3.63, 3.8) is 0 Å². The summed E-state index contributed by atoms with van der Waals surface area (Å²) in [4.78, 5) is 23.0. The third-order valence-corrected chi connectivity index (χ3v) is 5.28. The van der Waals surface area contributed by atoms with Crippen LogP contribution in [-0.2, 0) is 11.2 Å². The van der Waals surface area contributed by atoms with Gasteiger partial charge in [0.15, 0.2) is 0 Å². The highest BCUT2D eigenvalue weighted by molar-refractivity contribution is 6.03. The van der Waals surface area contributed by atoms with Crippen LogP contribution in [0.5, 0.6) is 5.75 Å². The summed E-state index contributed by atoms with van der Waals surface area (Å²) in [6, 6.07) is 14.4. The fourth-order valence-corrected chi connectivity index (χ4v) is 3.64. The fourth-order valence-electron chi connectivity index (χ4n) is 3.64. The summed E-state index contributed by atoms with van der Waals surface area (Å²) < 4.78 is 5.01. The Balaban J connectivity index is 0.000000354. The van der Waals surface area contributed by atoms with E-state index in [0.717, 1.165) is 54.4 Å². The number of fused-ring (bicyclic) bond motifs is 1. The minimum Gasteiger partial charge on any atom is -0.508 e. The first-order valence-corrected chi connectivity index (χ1v) is 10.7. The van der Waals surface area contributed by atoms with Crippen LogP contribution < -0.4 is 15.5 Å². The Hall–Kier alpha value is -3.49. The summed E-state index contributed by atoms with van der Waals surface area (Å²) in [5.74, 6) is 0.796. The van der Waals surface area contributed by atoms with Crippen LogP contribution in [0.15, 0.2) is 54.9 Å². The summed E-state index contributed by atoms with van der Waals surface area (Å²) in [7, 11) is 0. The molecule has 0 spiro atoms. The maximum Gasteiger partial charge on any atom is 0.327 e. The first-order valence-electron chi connectivity index (χ1n) is 10.7. The van der Waals surface area contributed by atoms with E-state index >= 15 is 0 Å². The standard InChI is InChI=1S/C20H18N4O2.C4H9NO/c1-13-5-7-15(8-6-13)23-20(26)24-10-9-17-18(21-12-22-19(17)24)14-3-2-4-16(25)11-14;1-3-6-4-2-5-1/h2-8,11-12,25H,9-10H2,1H3,(H,23,26);5H,1-4H2. The predicted molar refractivity (Wildman–Crippen MR) is 124 cm³/mol. The number of urea groups is 1. The smallest absolute Gasteiger partial charge is 0.327 e. The molecule has 8 nitrogen and oxygen atoms in total. The minimum absolute atomic E-state index is 0.182. The van der Waals surface area contributed by atoms with Gasteiger partial charge in [-0.1, -0.05) is 29.8 Å². The zero-order valence-corrected chi connectivity index (χ0v) is 18.0. The number of benzene rings is 2. The number of hydrogen-bond donors (Lipinski definition) is 3. The van der Waals surface area contributed by atoms with Crippen molar-refractivity contribution in [2.24, 2.45) is 0 Å². The Morgan fingerprint density at radius 2 is 1.91 bits per heavy atom. The van der Waals surface area contributed by atoms with Gasteiger partial charge in [-0.2, -0.15) is 0 Å². The van der Waals surface area contributed by atoms with Crippen molar-refractivity contribution >= 4 is 17.5 Å². The van der Waals surface area contributed by atoms with E-state index in [9.17, 15) is 9.90 Å². The molecule has 1 saturated heterocycles. The molecule has 0 atom stereocenters. The number of carbonyl (C=O) groups is 1. The third kappa shape index (κ3) is 5.22. The molecule has 2 amide bonds. The maximum absolute atomic E-state index is 12.7. The molecule has 3 N–H and O–H groups in total. The van der Waals surface area contributed by atoms with Crippen molar-refractivity contribution in [1.82, 2.24) is 15.3 Å². The first-order chi connectivity index (χ1) is 15.6. The van der Waals surface area contributed by atoms with Crippen LogP contribution in [0.3, 0.4) is 0 Å². The largest absolute Gasteiger partial charge is 0.508 e. The normalized spacial score (nSPS) is 14.8. The minimum atomic E-state index is -0.215. The molecule has 0 radical (unpaired) electrons. The van der Waals surface area contributed by atoms with E-state index in [2.05, 4.69) is 20.6 Å². The first kappa shape index (κ1) is 21.7. The number of ether oxygens (including phenoxy) is 1. The van der Waals surface area contributed by atoms with Crippen molar-refractivity contribution in [3.8, 4) is 17.0 Å². The number of aromatic nitrogens is 2. The summed E-state index contributed by atoms with van der Waals surface area (Å²) in [6.45, 7) is 6.37. The highest BCUT2D eigenvalue weighted by Crippen LogP contribution is 2.34. The second-order valence-corrected chi connectivity index (χ2v) is 7.63. The molecule has 3 heterocycles. The average molecular weight is 434 g/mol. The zero-order chi connectivity index (χ0) is 22.3. The number of phenolic OH excluding ortho intramolecular Hbond substituents is 1. The van der Waals surface area contributed by atoms with Gasteiger partial charge in [0.25, 0.3) is 0 Å². The molecule has 0 aliphatic carbocycles. The van der Waals surface area contributed by atoms with E-state index in [4.69, 9.17) is 4.74 Å². The van der Waals surface area contributed by atoms with Gasteiger partial charge in [-0.25, -0.2) is 14.8 Å². The Bertz CT molecular complexity index is 1060. The van der Waals surface area contributed by atoms with Crippen LogP contribution in [0.25, 0.3) is 11.3 Å². The number of nitrogens with zero attached hydrogens (tertiary/aromatic N) is 3. The van der Waals surface area contributed by atoms with Gasteiger partial charge >= 0.3 is 6.03 Å². The van der Waals surface area contributed by atoms with Crippen LogP contribution >= 0.6 is 0 Å². The van der Waals surface area contributed by atoms with Crippen molar-refractivity contribution < 1.29 is 14.6 Å². The van der Waals surface area contributed by atoms with Crippen molar-refractivity contribution in [2.75, 3.05) is 43.1 Å². The molecule has 32 heavy (non-hydrogen) atoms. The lowest BCUT2D eigenvalue weighted by atomic mass is 10.1. The number of carbonyl (C=O) groups excluding carboxylic acids is 1. The molecule has 5 rings (SSSR count). The van der Waals surface area contributed by atoms with Gasteiger partial charge in [-0.05, 0) is 37.6 Å². The molecule has 0 bridgehead atoms. The van der Waals surface area contributed by atoms with Crippen molar-refractivity contribution in [3.05, 3.63) is 66.0 Å². The van der Waals surface area contributed by atoms with Crippen LogP contribution in [0.2, 0.25) is 0 Å². The molecule has 3 aromatic rings. The van der Waals surface area contributed by atoms with Crippen LogP contribution in [0.4, 0.5) is 16.3 Å². The molecule has 1 fully saturated rings. The van der Waals surface area contributed by atoms with E-state index in [1.807, 2.05) is 37.3 Å². The topological polar surface area (TPSA) is 99.6 Å². The number of aryl methyl sites for hydroxylation is 1. The van der Waals surface area contributed by atoms with E-state index in [0.29, 0.717) is 18.8 Å². The number of morpholine rings is 1. The number of aromatic hydroxyl groups is 1. The quantitative estimate of drug-likeness (QED) is 0.573. The molecular weight excluding hydrogens is 406 g/mol. The second-order valence-electron chi connectivity index (χ2n) is 7.63. The van der Waals surface area contributed by atoms with Gasteiger partial charge < -0.3 is 20.5 Å². The van der Waals surface area contributed by atoms with Gasteiger partial charge in [-0.15, -0.1) is 0 Å². The van der Waals surface area contributed by atoms with E-state index in [1.54, 1.807) is 23.1 Å². The number of hydrogen-bond acceptors (Lipinski definition) is 6. The molecule has 8 heteroatoms. The van der Waals surface area contributed by atoms with Gasteiger partial charge in [0.1, 0.15) is 17.9 Å². The number of amides is 2. The molecular formula is C24H27N5O3. The SMILES string of the molecule is C1COCCN1.Cc1ccc(NC(=O)N2CCc3c(-c4cccc(O)c4)ncnc32)cc1. The second kappa shape index (κ2) is 10.2. The highest BCUT2D eigenvalue weighted by atomic mass is 16.5. The lowest BCUT2D eigenvalue weighted by molar-refractivity contribution is 0.109. The Morgan fingerprint density at radius 3 is 2.56 bits per heavy atom. The summed E-state index contributed by atoms with van der Waals surface area (Å²) >= 11 is 0. The Labute approximate surface area is 187 Å². The van der Waals surface area contributed by atoms with Crippen LogP contribution in [0, 0.1) is 6.92 Å². The van der Waals surface area contributed by atoms with Crippen LogP contribution in [-0.4, -0.2) is 54.0 Å². The lowest BCUT2D eigenvalue weighted by Gasteiger charge is -2.17. The number of nitrogens with one attached hydrogen (secondary N) is 2. The lowest BCUT2D eigenvalue weighted by Crippen LogP contribution is -2.33. The molecule has 0 saturated carbocycles. The Kier molecular flexibility index (Phi) is 6.94. The molecule has 0 unspecified atom stereocenters. The Morgan fingerprint density at radius 1 is 1.12 bits per heavy atom. The summed E-state index contributed by atoms with van der Waals surface area (Å²) in [6.07, 6.45) is 2.12. The van der Waals surface area contributed by atoms with E-state index in [1.165, 1.54) is 6.33 Å². The molecule has 1 aromatic heterocycles. The average Bonchev–Trinajstić information content (AvgIpc) is 3.27. The molecule has 2 aromatic carbocycles. The highest BCUT2D eigenvalue weighted by Gasteiger charge is 2.29. The fraction of sp³-hybridized carbons (Fsp3) is 0.292. The number of anilines is 2. The summed E-state index contributed by atoms with van der Waals surface area (Å²) in [5.41, 5.74) is 4.35. The van der Waals surface area contributed by atoms with Gasteiger partial charge in [-0.3, -0.25) is 4.90 Å². The number of phenols is 1. The summed E-state index contributed by atoms with van der Waals surface area (Å²) in [5, 5.41) is 15.8. The predicted octanol–water partition coefficient (Wildman–Crippen LogP) is 3.36. The van der Waals surface area contributed by atoms with E-state index in [-0.39, 0.29) is 11.8 Å². The zero-order valence-electron chi connectivity index (χ0n) is 18.0. The van der Waals surface area contributed by atoms with E-state index < -0.39 is 0 Å². The molecule has 166 valence electrons. The van der Waals surface area contributed by atoms with Gasteiger partial charge in [0.2, 0.25) is 0 Å². The van der Waals surface area contributed by atoms with Crippen LogP contribution in [0.1, 0.15) is 11.1 Å². The number of rotatable bonds is 2. The van der Waals surface area contributed by atoms with Crippen molar-refractivity contribution in [2.45, 2.75) is 13.3 Å².